The lowest BCUT2D eigenvalue weighted by Gasteiger charge is -2.22. The van der Waals surface area contributed by atoms with Crippen LogP contribution in [0.4, 0.5) is 0 Å². The second-order valence-electron chi connectivity index (χ2n) is 12.4. The maximum Gasteiger partial charge on any atom is 0.123 e. The van der Waals surface area contributed by atoms with Gasteiger partial charge in [0.05, 0.1) is 13.2 Å². The number of hydrogen-bond acceptors (Lipinski definition) is 4. The smallest absolute Gasteiger partial charge is 0.123 e. The Balaban J connectivity index is 1.75. The van der Waals surface area contributed by atoms with Crippen LogP contribution in [-0.4, -0.2) is 49.0 Å². The highest BCUT2D eigenvalue weighted by atomic mass is 16.5. The van der Waals surface area contributed by atoms with Crippen LogP contribution in [0.25, 0.3) is 0 Å². The largest absolute Gasteiger partial charge is 0.493 e. The molecule has 0 radical (unpaired) electrons. The summed E-state index contributed by atoms with van der Waals surface area (Å²) in [7, 11) is 0. The first-order valence-corrected chi connectivity index (χ1v) is 17.4. The van der Waals surface area contributed by atoms with Crippen LogP contribution in [0.1, 0.15) is 148 Å². The number of hydrogen-bond donors (Lipinski definition) is 1. The van der Waals surface area contributed by atoms with Crippen molar-refractivity contribution in [3.63, 3.8) is 0 Å². The molecule has 1 N–H and O–H groups in total. The number of nitrogens with zero attached hydrogens (tertiary/aromatic N) is 1. The zero-order valence-corrected chi connectivity index (χ0v) is 26.8. The van der Waals surface area contributed by atoms with Crippen molar-refractivity contribution in [2.24, 2.45) is 5.92 Å². The SMILES string of the molecule is CCCCCCCCCCCCCCCc1cc(OCCN2CCC[C@@H]2CO)cc(OCC(CC)CCCC)c1. The topological polar surface area (TPSA) is 41.9 Å². The predicted molar refractivity (Wildman–Crippen MR) is 172 cm³/mol. The number of ether oxygens (including phenoxy) is 2. The molecule has 0 spiro atoms. The molecule has 1 aromatic rings. The van der Waals surface area contributed by atoms with Gasteiger partial charge in [-0.15, -0.1) is 0 Å². The molecule has 1 aliphatic rings. The molecule has 1 fully saturated rings. The van der Waals surface area contributed by atoms with Crippen molar-refractivity contribution < 1.29 is 14.6 Å². The highest BCUT2D eigenvalue weighted by molar-refractivity contribution is 5.38. The molecule has 1 heterocycles. The van der Waals surface area contributed by atoms with Crippen LogP contribution in [0.15, 0.2) is 18.2 Å². The van der Waals surface area contributed by atoms with Gasteiger partial charge < -0.3 is 14.6 Å². The molecule has 0 amide bonds. The summed E-state index contributed by atoms with van der Waals surface area (Å²) in [5, 5.41) is 9.62. The number of rotatable bonds is 26. The van der Waals surface area contributed by atoms with Crippen molar-refractivity contribution in [2.45, 2.75) is 155 Å². The van der Waals surface area contributed by atoms with E-state index >= 15 is 0 Å². The standard InChI is InChI=1S/C36H65NO3/c1-4-7-9-10-11-12-13-14-15-16-17-18-19-22-33-27-35(39-26-25-37-24-20-23-34(37)30-38)29-36(28-33)40-31-32(6-3)21-8-5-2/h27-29,32,34,38H,4-26,30-31H2,1-3H3/t32?,34-/m1/s1. The van der Waals surface area contributed by atoms with Crippen molar-refractivity contribution >= 4 is 0 Å². The monoisotopic (exact) mass is 559 g/mol. The summed E-state index contributed by atoms with van der Waals surface area (Å²) in [5.74, 6) is 2.52. The Kier molecular flexibility index (Phi) is 20.4. The van der Waals surface area contributed by atoms with E-state index in [1.807, 2.05) is 0 Å². The lowest BCUT2D eigenvalue weighted by Crippen LogP contribution is -2.35. The van der Waals surface area contributed by atoms with Gasteiger partial charge in [-0.05, 0) is 62.3 Å². The molecule has 1 aromatic carbocycles. The molecule has 1 unspecified atom stereocenters. The van der Waals surface area contributed by atoms with Crippen LogP contribution in [0, 0.1) is 5.92 Å². The van der Waals surface area contributed by atoms with Gasteiger partial charge in [0.25, 0.3) is 0 Å². The average Bonchev–Trinajstić information content (AvgIpc) is 3.43. The number of benzene rings is 1. The molecule has 2 atom stereocenters. The quantitative estimate of drug-likeness (QED) is 0.115. The Labute approximate surface area is 248 Å². The summed E-state index contributed by atoms with van der Waals surface area (Å²) < 4.78 is 12.6. The summed E-state index contributed by atoms with van der Waals surface area (Å²) in [5.41, 5.74) is 1.34. The molecule has 2 rings (SSSR count). The van der Waals surface area contributed by atoms with Crippen LogP contribution in [0.5, 0.6) is 11.5 Å². The second-order valence-corrected chi connectivity index (χ2v) is 12.4. The Morgan fingerprint density at radius 1 is 0.775 bits per heavy atom. The fourth-order valence-corrected chi connectivity index (χ4v) is 6.08. The van der Waals surface area contributed by atoms with Crippen molar-refractivity contribution in [1.82, 2.24) is 4.90 Å². The Morgan fingerprint density at radius 2 is 1.38 bits per heavy atom. The van der Waals surface area contributed by atoms with Gasteiger partial charge in [0.15, 0.2) is 0 Å². The molecule has 4 nitrogen and oxygen atoms in total. The molecule has 0 aliphatic carbocycles. The van der Waals surface area contributed by atoms with E-state index < -0.39 is 0 Å². The lowest BCUT2D eigenvalue weighted by atomic mass is 10.0. The second kappa shape index (κ2) is 23.3. The Morgan fingerprint density at radius 3 is 1.98 bits per heavy atom. The zero-order valence-electron chi connectivity index (χ0n) is 26.8. The first-order valence-electron chi connectivity index (χ1n) is 17.4. The van der Waals surface area contributed by atoms with Gasteiger partial charge in [-0.1, -0.05) is 117 Å². The van der Waals surface area contributed by atoms with Crippen LogP contribution < -0.4 is 9.47 Å². The number of aryl methyl sites for hydroxylation is 1. The Bertz CT molecular complexity index is 724. The van der Waals surface area contributed by atoms with E-state index in [-0.39, 0.29) is 6.61 Å². The normalized spacial score (nSPS) is 16.4. The maximum atomic E-state index is 9.62. The molecule has 40 heavy (non-hydrogen) atoms. The molecule has 4 heteroatoms. The molecule has 0 aromatic heterocycles. The molecule has 0 bridgehead atoms. The minimum atomic E-state index is 0.253. The van der Waals surface area contributed by atoms with Crippen molar-refractivity contribution in [3.8, 4) is 11.5 Å². The molecular weight excluding hydrogens is 494 g/mol. The van der Waals surface area contributed by atoms with Gasteiger partial charge in [-0.3, -0.25) is 4.90 Å². The van der Waals surface area contributed by atoms with Crippen molar-refractivity contribution in [1.29, 1.82) is 0 Å². The third kappa shape index (κ3) is 15.7. The van der Waals surface area contributed by atoms with Gasteiger partial charge in [0.2, 0.25) is 0 Å². The van der Waals surface area contributed by atoms with Gasteiger partial charge >= 0.3 is 0 Å². The Hall–Kier alpha value is -1.26. The summed E-state index contributed by atoms with van der Waals surface area (Å²) in [6, 6.07) is 6.88. The molecule has 0 saturated carbocycles. The van der Waals surface area contributed by atoms with E-state index in [4.69, 9.17) is 9.47 Å². The van der Waals surface area contributed by atoms with Crippen molar-refractivity contribution in [2.75, 3.05) is 32.9 Å². The molecular formula is C36H65NO3. The van der Waals surface area contributed by atoms with Crippen LogP contribution >= 0.6 is 0 Å². The minimum absolute atomic E-state index is 0.253. The maximum absolute atomic E-state index is 9.62. The number of aliphatic hydroxyl groups excluding tert-OH is 1. The first-order chi connectivity index (χ1) is 19.7. The third-order valence-electron chi connectivity index (χ3n) is 8.89. The van der Waals surface area contributed by atoms with E-state index in [1.54, 1.807) is 0 Å². The number of unbranched alkanes of at least 4 members (excludes halogenated alkanes) is 13. The van der Waals surface area contributed by atoms with Gasteiger partial charge in [-0.2, -0.15) is 0 Å². The summed E-state index contributed by atoms with van der Waals surface area (Å²) in [6.07, 6.45) is 26.3. The van der Waals surface area contributed by atoms with E-state index in [1.165, 1.54) is 121 Å². The van der Waals surface area contributed by atoms with E-state index in [9.17, 15) is 5.11 Å². The van der Waals surface area contributed by atoms with Crippen LogP contribution in [-0.2, 0) is 6.42 Å². The van der Waals surface area contributed by atoms with Gasteiger partial charge in [0.1, 0.15) is 18.1 Å². The van der Waals surface area contributed by atoms with Crippen LogP contribution in [0.2, 0.25) is 0 Å². The zero-order chi connectivity index (χ0) is 28.7. The molecule has 232 valence electrons. The fraction of sp³-hybridized carbons (Fsp3) is 0.833. The minimum Gasteiger partial charge on any atom is -0.493 e. The van der Waals surface area contributed by atoms with Crippen LogP contribution in [0.3, 0.4) is 0 Å². The van der Waals surface area contributed by atoms with Crippen molar-refractivity contribution in [3.05, 3.63) is 23.8 Å². The average molecular weight is 560 g/mol. The highest BCUT2D eigenvalue weighted by Crippen LogP contribution is 2.26. The predicted octanol–water partition coefficient (Wildman–Crippen LogP) is 9.75. The summed E-state index contributed by atoms with van der Waals surface area (Å²) in [4.78, 5) is 2.37. The summed E-state index contributed by atoms with van der Waals surface area (Å²) >= 11 is 0. The van der Waals surface area contributed by atoms with Gasteiger partial charge in [0, 0.05) is 18.7 Å². The molecule has 1 saturated heterocycles. The number of likely N-dealkylation sites (tertiary alicyclic amines) is 1. The lowest BCUT2D eigenvalue weighted by molar-refractivity contribution is 0.139. The first kappa shape index (κ1) is 34.9. The van der Waals surface area contributed by atoms with E-state index in [2.05, 4.69) is 43.9 Å². The fourth-order valence-electron chi connectivity index (χ4n) is 6.08. The summed E-state index contributed by atoms with van der Waals surface area (Å²) in [6.45, 7) is 10.5. The third-order valence-corrected chi connectivity index (χ3v) is 8.89. The molecule has 1 aliphatic heterocycles. The highest BCUT2D eigenvalue weighted by Gasteiger charge is 2.23. The van der Waals surface area contributed by atoms with Gasteiger partial charge in [-0.25, -0.2) is 0 Å². The number of aliphatic hydroxyl groups is 1. The van der Waals surface area contributed by atoms with E-state index in [0.717, 1.165) is 44.0 Å². The van der Waals surface area contributed by atoms with E-state index in [0.29, 0.717) is 18.6 Å².